The third-order valence-electron chi connectivity index (χ3n) is 29.3. The molecule has 10 nitrogen and oxygen atoms in total. The molecule has 0 spiro atoms. The fourth-order valence-corrected chi connectivity index (χ4v) is 36.3. The molecule has 0 saturated heterocycles. The number of rotatable bonds is 41. The molecule has 0 heterocycles. The number of nitrogens with zero attached hydrogens (tertiary/aromatic N) is 10. The van der Waals surface area contributed by atoms with Crippen molar-refractivity contribution in [3.05, 3.63) is 303 Å². The Morgan fingerprint density at radius 2 is 0.418 bits per heavy atom. The zero-order valence-corrected chi connectivity index (χ0v) is 108. The Morgan fingerprint density at radius 3 is 0.667 bits per heavy atom. The summed E-state index contributed by atoms with van der Waals surface area (Å²) in [7, 11) is 7.01. The van der Waals surface area contributed by atoms with Gasteiger partial charge in [-0.25, -0.2) is 0 Å². The summed E-state index contributed by atoms with van der Waals surface area (Å²) in [5, 5.41) is 15.6. The van der Waals surface area contributed by atoms with Gasteiger partial charge in [-0.2, -0.15) is 0 Å². The average molecular weight is 2080 g/mol. The van der Waals surface area contributed by atoms with Crippen LogP contribution in [0.15, 0.2) is 303 Å². The monoisotopic (exact) mass is 2080 g/mol. The fraction of sp³-hybridized carbons (Fsp3) is 0.504. The van der Waals surface area contributed by atoms with Crippen LogP contribution in [0.3, 0.4) is 0 Å². The molecule has 778 valence electrons. The molecule has 10 aromatic carbocycles. The maximum atomic E-state index is 2.79. The van der Waals surface area contributed by atoms with Crippen LogP contribution in [0, 0.1) is 0 Å². The van der Waals surface area contributed by atoms with Crippen molar-refractivity contribution in [1.82, 2.24) is 45.7 Å². The van der Waals surface area contributed by atoms with Crippen molar-refractivity contribution in [3.8, 4) is 0 Å². The summed E-state index contributed by atoms with van der Waals surface area (Å²) in [4.78, 5) is 0. The van der Waals surface area contributed by atoms with E-state index >= 15 is 0 Å². The molecule has 4 fully saturated rings. The van der Waals surface area contributed by atoms with Crippen LogP contribution < -0.4 is 51.9 Å². The average Bonchev–Trinajstić information content (AvgIpc) is 1.56. The van der Waals surface area contributed by atoms with Gasteiger partial charge in [-0.3, -0.25) is 0 Å². The van der Waals surface area contributed by atoms with Crippen molar-refractivity contribution in [2.45, 2.75) is 333 Å². The summed E-state index contributed by atoms with van der Waals surface area (Å²) in [5.74, 6) is 0. The van der Waals surface area contributed by atoms with Gasteiger partial charge in [0.15, 0.2) is 0 Å². The number of hydrogen-bond donors (Lipinski definition) is 0. The van der Waals surface area contributed by atoms with E-state index in [4.69, 9.17) is 0 Å². The van der Waals surface area contributed by atoms with E-state index in [0.29, 0.717) is 18.1 Å². The van der Waals surface area contributed by atoms with Crippen molar-refractivity contribution in [2.24, 2.45) is 0 Å². The van der Waals surface area contributed by atoms with Gasteiger partial charge in [0.25, 0.3) is 0 Å². The van der Waals surface area contributed by atoms with E-state index in [0.717, 1.165) is 42.3 Å². The SMILES string of the molecule is CC(C)N(C)[SiH2]c1ccccc1.CCC(C)N(C)[SiH2]c1ccccc1.CCC(C)N(CC)[SiH2]c1ccccc1.CCCN([SiH2]c1ccccc1)C(C)C.CCCN([SiH2]c1ccccc1)C(C)CC.CCN([SiH2]c1ccccc1)C(C)C.CCN([SiH2]c1ccccc1)C1CCCC1.CCN([SiH2]c1ccccc1)C1CCCCC1.CN([SiH2]c1ccccc1)C1CCCC1.CN([SiH2]c1ccccc1)C1CCCCC1. The molecule has 3 unspecified atom stereocenters. The van der Waals surface area contributed by atoms with Gasteiger partial charge in [0.05, 0.1) is 0 Å². The third kappa shape index (κ3) is 56.1. The highest BCUT2D eigenvalue weighted by Crippen LogP contribution is 2.25. The Kier molecular flexibility index (Phi) is 70.4. The maximum Gasteiger partial charge on any atom is 0.127 e. The molecule has 0 aromatic heterocycles. The Labute approximate surface area is 890 Å². The Bertz CT molecular complexity index is 4380. The second-order valence-electron chi connectivity index (χ2n) is 41.2. The van der Waals surface area contributed by atoms with Crippen LogP contribution in [0.5, 0.6) is 0 Å². The van der Waals surface area contributed by atoms with Crippen LogP contribution in [-0.4, -0.2) is 270 Å². The highest BCUT2D eigenvalue weighted by Gasteiger charge is 2.25. The summed E-state index contributed by atoms with van der Waals surface area (Å²) < 4.78 is 26.4. The zero-order valence-electron chi connectivity index (χ0n) is 93.7. The molecule has 10 aromatic rings. The van der Waals surface area contributed by atoms with Gasteiger partial charge in [-0.1, -0.05) is 492 Å². The van der Waals surface area contributed by atoms with Crippen LogP contribution in [0.2, 0.25) is 0 Å². The fourth-order valence-electron chi connectivity index (χ4n) is 19.2. The molecular weight excluding hydrogens is 1870 g/mol. The lowest BCUT2D eigenvalue weighted by Crippen LogP contribution is -2.44. The normalized spacial score (nSPS) is 15.5. The van der Waals surface area contributed by atoms with Gasteiger partial charge in [0, 0.05) is 24.2 Å². The lowest BCUT2D eigenvalue weighted by molar-refractivity contribution is 0.267. The molecule has 20 heteroatoms. The van der Waals surface area contributed by atoms with Crippen LogP contribution in [-0.2, 0) is 0 Å². The van der Waals surface area contributed by atoms with Crippen molar-refractivity contribution in [3.63, 3.8) is 0 Å². The molecule has 4 aliphatic carbocycles. The van der Waals surface area contributed by atoms with Gasteiger partial charge >= 0.3 is 0 Å². The Morgan fingerprint density at radius 1 is 0.206 bits per heavy atom. The second kappa shape index (κ2) is 79.2. The van der Waals surface area contributed by atoms with Gasteiger partial charge in [0.2, 0.25) is 0 Å². The molecule has 4 aliphatic rings. The zero-order chi connectivity index (χ0) is 102. The predicted octanol–water partition coefficient (Wildman–Crippen LogP) is 14.6. The Balaban J connectivity index is 0.000000276. The first-order valence-corrected chi connectivity index (χ1v) is 69.5. The summed E-state index contributed by atoms with van der Waals surface area (Å²) in [6.45, 7) is 48.5. The minimum absolute atomic E-state index is 0.183. The molecule has 3 atom stereocenters. The molecule has 141 heavy (non-hydrogen) atoms. The lowest BCUT2D eigenvalue weighted by Gasteiger charge is -2.33. The third-order valence-corrected chi connectivity index (χ3v) is 50.7. The summed E-state index contributed by atoms with van der Waals surface area (Å²) in [5.41, 5.74) is 0. The molecule has 0 bridgehead atoms. The standard InChI is InChI=1S/C14H23NSi.2C13H21NSi.C13H23NSi.C12H19NSi.2C12H21NSi.2C11H19NSi.C10H17NSi/c1-2-15(13-9-5-3-6-10-13)16-14-11-7-4-8-12-14;1-14(12-8-4-2-5-9-12)15-13-10-6-3-7-11-13;1-2-14(12-8-6-7-9-12)15-13-10-4-3-5-11-13;1-4-11-14(12(3)5-2)15-13-9-7-6-8-10-13;1-13(11-7-5-6-8-11)14-12-9-3-2-4-10-12;1-4-10-13(11(2)3)14-12-8-6-5-7-9-12;1-4-11(3)13(5-2)14-12-9-7-6-8-10-12;1-4-10(2)12(3)13-11-8-6-5-7-9-11;1-4-12(10(2)3)13-11-8-6-5-7-9-11;1-9(2)11(3)12-10-7-5-4-6-8-10/h4,7-8,11-13H,2-3,5-6,9-10,16H2,1H3;3,6-7,10-12H,2,4-5,8-9,15H2,1H3;3-5,10-12H,2,6-9,15H2,1H3;6-10,12H,4-5,11,15H2,1-3H3;2-4,9-11H,5-8,14H2,1H3;5-9,11H,4,10,14H2,1-3H3;6-11H,4-5,14H2,1-3H3;2*5-10H,4,13H2,1-3H3;4-9H,12H2,1-3H3. The molecular formula is C121H204N10Si10. The van der Waals surface area contributed by atoms with Crippen LogP contribution in [0.4, 0.5) is 0 Å². The van der Waals surface area contributed by atoms with Crippen molar-refractivity contribution >= 4 is 149 Å². The largest absolute Gasteiger partial charge is 0.325 e. The summed E-state index contributed by atoms with van der Waals surface area (Å²) in [6, 6.07) is 117. The minimum atomic E-state index is -0.234. The van der Waals surface area contributed by atoms with Crippen LogP contribution >= 0.6 is 0 Å². The van der Waals surface area contributed by atoms with Gasteiger partial charge in [-0.15, -0.1) is 0 Å². The molecule has 0 N–H and O–H groups in total. The van der Waals surface area contributed by atoms with Crippen molar-refractivity contribution in [1.29, 1.82) is 0 Å². The summed E-state index contributed by atoms with van der Waals surface area (Å²) in [6.07, 6.45) is 32.2. The maximum absolute atomic E-state index is 2.79. The first-order chi connectivity index (χ1) is 68.5. The first kappa shape index (κ1) is 125. The van der Waals surface area contributed by atoms with Crippen LogP contribution in [0.1, 0.15) is 272 Å². The second-order valence-corrected chi connectivity index (χ2v) is 61.4. The highest BCUT2D eigenvalue weighted by molar-refractivity contribution is 6.54. The molecule has 14 rings (SSSR count). The van der Waals surface area contributed by atoms with E-state index < -0.39 is 0 Å². The van der Waals surface area contributed by atoms with Gasteiger partial charge < -0.3 is 45.7 Å². The first-order valence-electron chi connectivity index (χ1n) is 56.1. The molecule has 0 aliphatic heterocycles. The molecule has 0 radical (unpaired) electrons. The lowest BCUT2D eigenvalue weighted by atomic mass is 9.95. The topological polar surface area (TPSA) is 32.4 Å². The van der Waals surface area contributed by atoms with Crippen molar-refractivity contribution < 1.29 is 0 Å². The van der Waals surface area contributed by atoms with E-state index in [1.807, 2.05) is 0 Å². The quantitative estimate of drug-likeness (QED) is 0.0346. The number of hydrogen-bond acceptors (Lipinski definition) is 10. The van der Waals surface area contributed by atoms with Crippen LogP contribution in [0.25, 0.3) is 0 Å². The number of benzene rings is 10. The molecule has 4 saturated carbocycles. The van der Waals surface area contributed by atoms with Crippen molar-refractivity contribution in [2.75, 3.05) is 67.5 Å². The molecule has 0 amide bonds. The van der Waals surface area contributed by atoms with Gasteiger partial charge in [-0.05, 0) is 239 Å². The van der Waals surface area contributed by atoms with E-state index in [-0.39, 0.29) is 96.8 Å². The smallest absolute Gasteiger partial charge is 0.127 e. The predicted molar refractivity (Wildman–Crippen MR) is 664 cm³/mol. The minimum Gasteiger partial charge on any atom is -0.325 e. The summed E-state index contributed by atoms with van der Waals surface area (Å²) >= 11 is 0. The van der Waals surface area contributed by atoms with E-state index in [1.54, 1.807) is 36.3 Å². The van der Waals surface area contributed by atoms with E-state index in [9.17, 15) is 0 Å². The highest BCUT2D eigenvalue weighted by atomic mass is 28.2. The van der Waals surface area contributed by atoms with E-state index in [1.165, 1.54) is 203 Å². The Hall–Kier alpha value is -6.03. The van der Waals surface area contributed by atoms with Gasteiger partial charge in [0.1, 0.15) is 96.8 Å². The van der Waals surface area contributed by atoms with E-state index in [2.05, 4.69) is 502 Å².